The monoisotopic (exact) mass is 453 g/mol. The molecule has 0 aliphatic rings. The minimum Gasteiger partial charge on any atom is -0.490 e. The fourth-order valence-corrected chi connectivity index (χ4v) is 3.14. The Labute approximate surface area is 170 Å². The van der Waals surface area contributed by atoms with Gasteiger partial charge < -0.3 is 14.4 Å². The Morgan fingerprint density at radius 2 is 2.11 bits per heavy atom. The van der Waals surface area contributed by atoms with Crippen LogP contribution in [0.2, 0.25) is 0 Å². The van der Waals surface area contributed by atoms with Gasteiger partial charge in [-0.25, -0.2) is 5.43 Å². The van der Waals surface area contributed by atoms with Gasteiger partial charge in [-0.3, -0.25) is 9.59 Å². The number of ether oxygens (including phenoxy) is 2. The zero-order chi connectivity index (χ0) is 19.8. The lowest BCUT2D eigenvalue weighted by atomic mass is 10.2. The Hall–Kier alpha value is -2.39. The van der Waals surface area contributed by atoms with Crippen molar-refractivity contribution < 1.29 is 19.1 Å². The standard InChI is InChI=1S/C18H20BrN3O4S/c1-4-25-14-9-12(10-20-21-18(24)15-6-5-7-27-15)8-13(19)17(14)26-11-16(23)22(2)3/h5-10H,4,11H2,1-3H3,(H,21,24)/b20-10+. The lowest BCUT2D eigenvalue weighted by Gasteiger charge is -2.16. The Balaban J connectivity index is 2.12. The van der Waals surface area contributed by atoms with Gasteiger partial charge in [0.1, 0.15) is 0 Å². The number of halogens is 1. The third-order valence-corrected chi connectivity index (χ3v) is 4.75. The molecule has 0 unspecified atom stereocenters. The summed E-state index contributed by atoms with van der Waals surface area (Å²) < 4.78 is 11.8. The molecule has 0 radical (unpaired) electrons. The van der Waals surface area contributed by atoms with Gasteiger partial charge in [-0.15, -0.1) is 11.3 Å². The van der Waals surface area contributed by atoms with Crippen molar-refractivity contribution in [1.82, 2.24) is 10.3 Å². The summed E-state index contributed by atoms with van der Waals surface area (Å²) in [5.41, 5.74) is 3.17. The first kappa shape index (κ1) is 20.9. The molecule has 0 aliphatic heterocycles. The van der Waals surface area contributed by atoms with Crippen LogP contribution in [0.3, 0.4) is 0 Å². The first-order valence-corrected chi connectivity index (χ1v) is 9.75. The van der Waals surface area contributed by atoms with Crippen LogP contribution in [0, 0.1) is 0 Å². The van der Waals surface area contributed by atoms with E-state index in [2.05, 4.69) is 26.5 Å². The summed E-state index contributed by atoms with van der Waals surface area (Å²) in [6, 6.07) is 7.01. The number of nitrogens with one attached hydrogen (secondary N) is 1. The van der Waals surface area contributed by atoms with Crippen LogP contribution in [-0.2, 0) is 4.79 Å². The molecule has 2 amide bonds. The summed E-state index contributed by atoms with van der Waals surface area (Å²) in [5.74, 6) is 0.482. The quantitative estimate of drug-likeness (QED) is 0.491. The average Bonchev–Trinajstić information content (AvgIpc) is 3.15. The van der Waals surface area contributed by atoms with Crippen LogP contribution in [-0.4, -0.2) is 50.2 Å². The fourth-order valence-electron chi connectivity index (χ4n) is 1.96. The molecule has 1 heterocycles. The zero-order valence-corrected chi connectivity index (χ0v) is 17.6. The Morgan fingerprint density at radius 1 is 1.33 bits per heavy atom. The Bertz CT molecular complexity index is 822. The van der Waals surface area contributed by atoms with E-state index in [1.165, 1.54) is 22.5 Å². The number of hydrogen-bond donors (Lipinski definition) is 1. The molecule has 2 rings (SSSR count). The van der Waals surface area contributed by atoms with E-state index in [0.29, 0.717) is 33.0 Å². The molecule has 1 aromatic heterocycles. The summed E-state index contributed by atoms with van der Waals surface area (Å²) >= 11 is 4.77. The number of hydrogen-bond acceptors (Lipinski definition) is 6. The third-order valence-electron chi connectivity index (χ3n) is 3.30. The maximum atomic E-state index is 11.9. The molecule has 7 nitrogen and oxygen atoms in total. The van der Waals surface area contributed by atoms with Crippen LogP contribution in [0.25, 0.3) is 0 Å². The number of thiophene rings is 1. The van der Waals surface area contributed by atoms with Crippen LogP contribution in [0.1, 0.15) is 22.2 Å². The maximum absolute atomic E-state index is 11.9. The number of hydrazone groups is 1. The van der Waals surface area contributed by atoms with Crippen molar-refractivity contribution >= 4 is 45.3 Å². The third kappa shape index (κ3) is 6.07. The van der Waals surface area contributed by atoms with Gasteiger partial charge in [0.15, 0.2) is 18.1 Å². The number of nitrogens with zero attached hydrogens (tertiary/aromatic N) is 2. The van der Waals surface area contributed by atoms with E-state index in [1.807, 2.05) is 12.3 Å². The van der Waals surface area contributed by atoms with Gasteiger partial charge in [0.05, 0.1) is 22.2 Å². The Kier molecular flexibility index (Phi) is 7.81. The van der Waals surface area contributed by atoms with E-state index in [-0.39, 0.29) is 18.4 Å². The predicted octanol–water partition coefficient (Wildman–Crippen LogP) is 3.14. The second-order valence-electron chi connectivity index (χ2n) is 5.52. The van der Waals surface area contributed by atoms with Gasteiger partial charge in [0, 0.05) is 14.1 Å². The van der Waals surface area contributed by atoms with Crippen molar-refractivity contribution in [2.45, 2.75) is 6.92 Å². The molecule has 0 fully saturated rings. The highest BCUT2D eigenvalue weighted by Gasteiger charge is 2.14. The van der Waals surface area contributed by atoms with Crippen LogP contribution in [0.4, 0.5) is 0 Å². The summed E-state index contributed by atoms with van der Waals surface area (Å²) in [6.45, 7) is 2.18. The molecule has 1 N–H and O–H groups in total. The van der Waals surface area contributed by atoms with Crippen molar-refractivity contribution in [1.29, 1.82) is 0 Å². The molecule has 1 aromatic carbocycles. The summed E-state index contributed by atoms with van der Waals surface area (Å²) in [4.78, 5) is 25.7. The first-order valence-electron chi connectivity index (χ1n) is 8.08. The summed E-state index contributed by atoms with van der Waals surface area (Å²) in [6.07, 6.45) is 1.51. The molecule has 0 spiro atoms. The SMILES string of the molecule is CCOc1cc(/C=N/NC(=O)c2cccs2)cc(Br)c1OCC(=O)N(C)C. The number of benzene rings is 1. The van der Waals surface area contributed by atoms with Crippen molar-refractivity contribution in [2.24, 2.45) is 5.10 Å². The molecule has 0 aliphatic carbocycles. The number of rotatable bonds is 8. The summed E-state index contributed by atoms with van der Waals surface area (Å²) in [5, 5.41) is 5.79. The first-order chi connectivity index (χ1) is 12.9. The molecular weight excluding hydrogens is 434 g/mol. The lowest BCUT2D eigenvalue weighted by Crippen LogP contribution is -2.27. The second-order valence-corrected chi connectivity index (χ2v) is 7.32. The smallest absolute Gasteiger partial charge is 0.281 e. The molecule has 0 bridgehead atoms. The van der Waals surface area contributed by atoms with E-state index in [1.54, 1.807) is 38.4 Å². The van der Waals surface area contributed by atoms with Crippen LogP contribution in [0.5, 0.6) is 11.5 Å². The largest absolute Gasteiger partial charge is 0.490 e. The van der Waals surface area contributed by atoms with Crippen LogP contribution >= 0.6 is 27.3 Å². The second kappa shape index (κ2) is 10.1. The molecule has 27 heavy (non-hydrogen) atoms. The molecule has 0 saturated carbocycles. The van der Waals surface area contributed by atoms with Crippen molar-refractivity contribution in [2.75, 3.05) is 27.3 Å². The summed E-state index contributed by atoms with van der Waals surface area (Å²) in [7, 11) is 3.32. The van der Waals surface area contributed by atoms with Gasteiger partial charge in [-0.05, 0) is 52.0 Å². The van der Waals surface area contributed by atoms with E-state index in [4.69, 9.17) is 9.47 Å². The topological polar surface area (TPSA) is 80.2 Å². The maximum Gasteiger partial charge on any atom is 0.281 e. The van der Waals surface area contributed by atoms with Gasteiger partial charge in [0.25, 0.3) is 11.8 Å². The van der Waals surface area contributed by atoms with Gasteiger partial charge in [-0.1, -0.05) is 6.07 Å². The van der Waals surface area contributed by atoms with Gasteiger partial charge in [0.2, 0.25) is 0 Å². The van der Waals surface area contributed by atoms with E-state index in [0.717, 1.165) is 0 Å². The van der Waals surface area contributed by atoms with Crippen molar-refractivity contribution in [3.8, 4) is 11.5 Å². The molecule has 144 valence electrons. The highest BCUT2D eigenvalue weighted by atomic mass is 79.9. The lowest BCUT2D eigenvalue weighted by molar-refractivity contribution is -0.130. The van der Waals surface area contributed by atoms with Crippen LogP contribution in [0.15, 0.2) is 39.2 Å². The molecule has 0 atom stereocenters. The number of carbonyl (C=O) groups is 2. The normalized spacial score (nSPS) is 10.7. The highest BCUT2D eigenvalue weighted by molar-refractivity contribution is 9.10. The van der Waals surface area contributed by atoms with E-state index < -0.39 is 0 Å². The number of amides is 2. The number of carbonyl (C=O) groups excluding carboxylic acids is 2. The van der Waals surface area contributed by atoms with Gasteiger partial charge >= 0.3 is 0 Å². The predicted molar refractivity (Wildman–Crippen MR) is 109 cm³/mol. The van der Waals surface area contributed by atoms with Crippen molar-refractivity contribution in [3.05, 3.63) is 44.6 Å². The molecule has 0 saturated heterocycles. The molecule has 2 aromatic rings. The Morgan fingerprint density at radius 3 is 2.74 bits per heavy atom. The van der Waals surface area contributed by atoms with E-state index >= 15 is 0 Å². The molecular formula is C18H20BrN3O4S. The molecule has 9 heteroatoms. The minimum absolute atomic E-state index is 0.101. The minimum atomic E-state index is -0.271. The fraction of sp³-hybridized carbons (Fsp3) is 0.278. The average molecular weight is 454 g/mol. The van der Waals surface area contributed by atoms with E-state index in [9.17, 15) is 9.59 Å². The van der Waals surface area contributed by atoms with Crippen molar-refractivity contribution in [3.63, 3.8) is 0 Å². The zero-order valence-electron chi connectivity index (χ0n) is 15.2. The highest BCUT2D eigenvalue weighted by Crippen LogP contribution is 2.36. The van der Waals surface area contributed by atoms with Gasteiger partial charge in [-0.2, -0.15) is 5.10 Å². The van der Waals surface area contributed by atoms with Crippen LogP contribution < -0.4 is 14.9 Å². The number of likely N-dealkylation sites (N-methyl/N-ethyl adjacent to an activating group) is 1.